The molecule has 0 aromatic carbocycles. The third-order valence-corrected chi connectivity index (χ3v) is 3.90. The van der Waals surface area contributed by atoms with Crippen molar-refractivity contribution in [3.8, 4) is 0 Å². The molecule has 102 valence electrons. The van der Waals surface area contributed by atoms with Gasteiger partial charge in [0.25, 0.3) is 5.91 Å². The van der Waals surface area contributed by atoms with Gasteiger partial charge in [0.2, 0.25) is 16.0 Å². The number of hydrogen-bond donors (Lipinski definition) is 3. The van der Waals surface area contributed by atoms with Crippen molar-refractivity contribution in [3.05, 3.63) is 30.4 Å². The summed E-state index contributed by atoms with van der Waals surface area (Å²) in [6, 6.07) is 1.30. The van der Waals surface area contributed by atoms with Crippen molar-refractivity contribution in [2.75, 3.05) is 12.4 Å². The van der Waals surface area contributed by atoms with Crippen LogP contribution in [0.1, 0.15) is 10.5 Å². The van der Waals surface area contributed by atoms with Crippen molar-refractivity contribution in [2.24, 2.45) is 7.05 Å². The second-order valence-electron chi connectivity index (χ2n) is 3.77. The molecule has 8 nitrogen and oxygen atoms in total. The van der Waals surface area contributed by atoms with E-state index in [2.05, 4.69) is 20.0 Å². The molecular formula is C10H13N5O3S. The lowest BCUT2D eigenvalue weighted by molar-refractivity contribution is 0.101. The number of nitrogens with one attached hydrogen (secondary N) is 3. The molecule has 2 aromatic rings. The fourth-order valence-electron chi connectivity index (χ4n) is 1.53. The first-order valence-electron chi connectivity index (χ1n) is 5.34. The number of anilines is 1. The molecule has 0 bridgehead atoms. The number of sulfonamides is 1. The van der Waals surface area contributed by atoms with E-state index in [1.807, 2.05) is 0 Å². The van der Waals surface area contributed by atoms with E-state index in [-0.39, 0.29) is 10.6 Å². The Balaban J connectivity index is 2.29. The molecule has 9 heteroatoms. The zero-order valence-corrected chi connectivity index (χ0v) is 11.2. The van der Waals surface area contributed by atoms with Crippen LogP contribution < -0.4 is 10.0 Å². The summed E-state index contributed by atoms with van der Waals surface area (Å²) in [5, 5.41) is 2.52. The maximum Gasteiger partial charge on any atom is 0.274 e. The second kappa shape index (κ2) is 4.86. The number of carbonyl (C=O) groups is 1. The first kappa shape index (κ1) is 13.3. The lowest BCUT2D eigenvalue weighted by Crippen LogP contribution is -2.18. The summed E-state index contributed by atoms with van der Waals surface area (Å²) < 4.78 is 26.9. The van der Waals surface area contributed by atoms with Crippen molar-refractivity contribution < 1.29 is 13.2 Å². The molecule has 0 saturated carbocycles. The predicted molar refractivity (Wildman–Crippen MR) is 68.2 cm³/mol. The quantitative estimate of drug-likeness (QED) is 0.728. The number of aromatic nitrogens is 3. The maximum atomic E-state index is 12.0. The number of nitrogens with zero attached hydrogens (tertiary/aromatic N) is 2. The Labute approximate surface area is 109 Å². The minimum Gasteiger partial charge on any atom is -0.345 e. The Morgan fingerprint density at radius 3 is 2.79 bits per heavy atom. The van der Waals surface area contributed by atoms with Gasteiger partial charge in [0.05, 0.1) is 0 Å². The fraction of sp³-hybridized carbons (Fsp3) is 0.200. The number of hydrogen-bond acceptors (Lipinski definition) is 4. The Bertz CT molecular complexity index is 687. The van der Waals surface area contributed by atoms with E-state index in [1.54, 1.807) is 13.2 Å². The molecule has 0 spiro atoms. The molecule has 0 saturated heterocycles. The predicted octanol–water partition coefficient (Wildman–Crippen LogP) is -0.0914. The van der Waals surface area contributed by atoms with Crippen LogP contribution in [0.5, 0.6) is 0 Å². The van der Waals surface area contributed by atoms with E-state index in [4.69, 9.17) is 0 Å². The average Bonchev–Trinajstić information content (AvgIpc) is 2.98. The van der Waals surface area contributed by atoms with Crippen molar-refractivity contribution in [1.82, 2.24) is 19.3 Å². The zero-order valence-electron chi connectivity index (χ0n) is 10.3. The van der Waals surface area contributed by atoms with Gasteiger partial charge in [-0.15, -0.1) is 0 Å². The molecule has 2 heterocycles. The SMILES string of the molecule is CNS(=O)(=O)c1cc(C(=O)Nc2ncc[nH]2)n(C)c1. The molecular weight excluding hydrogens is 270 g/mol. The highest BCUT2D eigenvalue weighted by atomic mass is 32.2. The molecule has 0 radical (unpaired) electrons. The van der Waals surface area contributed by atoms with Crippen molar-refractivity contribution in [3.63, 3.8) is 0 Å². The number of carbonyl (C=O) groups excluding carboxylic acids is 1. The standard InChI is InChI=1S/C10H13N5O3S/c1-11-19(17,18)7-5-8(15(2)6-7)9(16)14-10-12-3-4-13-10/h3-6,11H,1-2H3,(H2,12,13,14,16). The highest BCUT2D eigenvalue weighted by Crippen LogP contribution is 2.14. The van der Waals surface area contributed by atoms with Crippen LogP contribution in [0.3, 0.4) is 0 Å². The molecule has 0 fully saturated rings. The van der Waals surface area contributed by atoms with Crippen LogP contribution in [-0.2, 0) is 17.1 Å². The summed E-state index contributed by atoms with van der Waals surface area (Å²) >= 11 is 0. The van der Waals surface area contributed by atoms with Gasteiger partial charge >= 0.3 is 0 Å². The van der Waals surface area contributed by atoms with Crippen LogP contribution in [0.15, 0.2) is 29.6 Å². The van der Waals surface area contributed by atoms with Gasteiger partial charge in [0, 0.05) is 25.6 Å². The highest BCUT2D eigenvalue weighted by Gasteiger charge is 2.19. The van der Waals surface area contributed by atoms with Crippen molar-refractivity contribution >= 4 is 21.9 Å². The van der Waals surface area contributed by atoms with Gasteiger partial charge in [-0.05, 0) is 13.1 Å². The van der Waals surface area contributed by atoms with E-state index in [0.717, 1.165) is 0 Å². The number of rotatable bonds is 4. The third-order valence-electron chi connectivity index (χ3n) is 2.52. The minimum absolute atomic E-state index is 0.0297. The molecule has 0 unspecified atom stereocenters. The first-order chi connectivity index (χ1) is 8.94. The Morgan fingerprint density at radius 2 is 2.21 bits per heavy atom. The molecule has 2 rings (SSSR count). The number of aromatic amines is 1. The number of H-pyrrole nitrogens is 1. The molecule has 1 amide bonds. The summed E-state index contributed by atoms with van der Waals surface area (Å²) in [4.78, 5) is 18.6. The lowest BCUT2D eigenvalue weighted by atomic mass is 10.4. The fourth-order valence-corrected chi connectivity index (χ4v) is 2.33. The third kappa shape index (κ3) is 2.66. The topological polar surface area (TPSA) is 109 Å². The summed E-state index contributed by atoms with van der Waals surface area (Å²) in [5.74, 6) is -0.153. The van der Waals surface area contributed by atoms with E-state index >= 15 is 0 Å². The van der Waals surface area contributed by atoms with Gasteiger partial charge in [-0.25, -0.2) is 18.1 Å². The van der Waals surface area contributed by atoms with Gasteiger partial charge in [-0.1, -0.05) is 0 Å². The second-order valence-corrected chi connectivity index (χ2v) is 5.66. The largest absolute Gasteiger partial charge is 0.345 e. The first-order valence-corrected chi connectivity index (χ1v) is 6.83. The smallest absolute Gasteiger partial charge is 0.274 e. The Morgan fingerprint density at radius 1 is 1.47 bits per heavy atom. The van der Waals surface area contributed by atoms with Crippen LogP contribution >= 0.6 is 0 Å². The van der Waals surface area contributed by atoms with Gasteiger partial charge < -0.3 is 9.55 Å². The summed E-state index contributed by atoms with van der Waals surface area (Å²) in [7, 11) is -0.670. The van der Waals surface area contributed by atoms with Crippen LogP contribution in [0.4, 0.5) is 5.95 Å². The number of imidazole rings is 1. The van der Waals surface area contributed by atoms with Gasteiger partial charge in [0.15, 0.2) is 0 Å². The normalized spacial score (nSPS) is 11.5. The van der Waals surface area contributed by atoms with Crippen molar-refractivity contribution in [1.29, 1.82) is 0 Å². The minimum atomic E-state index is -3.57. The van der Waals surface area contributed by atoms with Gasteiger partial charge in [-0.3, -0.25) is 10.1 Å². The van der Waals surface area contributed by atoms with E-state index in [0.29, 0.717) is 5.95 Å². The summed E-state index contributed by atoms with van der Waals surface area (Å²) in [6.07, 6.45) is 4.43. The van der Waals surface area contributed by atoms with Crippen LogP contribution in [0.2, 0.25) is 0 Å². The average molecular weight is 283 g/mol. The molecule has 19 heavy (non-hydrogen) atoms. The molecule has 0 atom stereocenters. The number of amides is 1. The number of aryl methyl sites for hydroxylation is 1. The summed E-state index contributed by atoms with van der Waals surface area (Å²) in [5.41, 5.74) is 0.213. The summed E-state index contributed by atoms with van der Waals surface area (Å²) in [6.45, 7) is 0. The maximum absolute atomic E-state index is 12.0. The van der Waals surface area contributed by atoms with Crippen LogP contribution in [-0.4, -0.2) is 35.9 Å². The zero-order chi connectivity index (χ0) is 14.0. The Hall–Kier alpha value is -2.13. The molecule has 2 aromatic heterocycles. The van der Waals surface area contributed by atoms with E-state index in [1.165, 1.54) is 30.1 Å². The van der Waals surface area contributed by atoms with Gasteiger partial charge in [-0.2, -0.15) is 0 Å². The van der Waals surface area contributed by atoms with E-state index in [9.17, 15) is 13.2 Å². The van der Waals surface area contributed by atoms with Crippen molar-refractivity contribution in [2.45, 2.75) is 4.90 Å². The van der Waals surface area contributed by atoms with Gasteiger partial charge in [0.1, 0.15) is 10.6 Å². The molecule has 3 N–H and O–H groups in total. The molecule has 0 aliphatic carbocycles. The molecule has 0 aliphatic rings. The molecule has 0 aliphatic heterocycles. The monoisotopic (exact) mass is 283 g/mol. The lowest BCUT2D eigenvalue weighted by Gasteiger charge is -2.02. The van der Waals surface area contributed by atoms with Crippen LogP contribution in [0.25, 0.3) is 0 Å². The Kier molecular flexibility index (Phi) is 3.40. The highest BCUT2D eigenvalue weighted by molar-refractivity contribution is 7.89. The van der Waals surface area contributed by atoms with E-state index < -0.39 is 15.9 Å². The van der Waals surface area contributed by atoms with Crippen LogP contribution in [0, 0.1) is 0 Å².